The van der Waals surface area contributed by atoms with Crippen molar-refractivity contribution in [1.29, 1.82) is 0 Å². The van der Waals surface area contributed by atoms with Gasteiger partial charge in [-0.15, -0.1) is 11.3 Å². The number of hydrogen-bond donors (Lipinski definition) is 2. The van der Waals surface area contributed by atoms with Crippen molar-refractivity contribution in [3.8, 4) is 0 Å². The number of hydrogen-bond acceptors (Lipinski definition) is 4. The topological polar surface area (TPSA) is 50.9 Å². The van der Waals surface area contributed by atoms with E-state index in [-0.39, 0.29) is 6.04 Å². The zero-order chi connectivity index (χ0) is 14.1. The molecule has 0 radical (unpaired) electrons. The van der Waals surface area contributed by atoms with E-state index in [0.29, 0.717) is 0 Å². The van der Waals surface area contributed by atoms with Crippen molar-refractivity contribution < 1.29 is 0 Å². The molecule has 0 amide bonds. The molecule has 0 aliphatic rings. The van der Waals surface area contributed by atoms with Gasteiger partial charge in [-0.05, 0) is 23.3 Å². The van der Waals surface area contributed by atoms with Gasteiger partial charge in [0.15, 0.2) is 0 Å². The van der Waals surface area contributed by atoms with Crippen molar-refractivity contribution in [2.45, 2.75) is 13.0 Å². The highest BCUT2D eigenvalue weighted by Crippen LogP contribution is 2.37. The summed E-state index contributed by atoms with van der Waals surface area (Å²) in [5.74, 6) is 5.78. The van der Waals surface area contributed by atoms with Gasteiger partial charge in [-0.25, -0.2) is 5.43 Å². The van der Waals surface area contributed by atoms with E-state index in [1.54, 1.807) is 11.3 Å². The van der Waals surface area contributed by atoms with Gasteiger partial charge in [0.2, 0.25) is 0 Å². The van der Waals surface area contributed by atoms with Crippen LogP contribution in [-0.2, 0) is 0 Å². The Balaban J connectivity index is 2.19. The first-order valence-electron chi connectivity index (χ1n) is 6.24. The lowest BCUT2D eigenvalue weighted by Gasteiger charge is -2.17. The third kappa shape index (κ3) is 2.21. The summed E-state index contributed by atoms with van der Waals surface area (Å²) < 4.78 is 0. The summed E-state index contributed by atoms with van der Waals surface area (Å²) in [6.07, 6.45) is 3.70. The molecule has 0 aliphatic carbocycles. The van der Waals surface area contributed by atoms with Gasteiger partial charge >= 0.3 is 0 Å². The fourth-order valence-electron chi connectivity index (χ4n) is 2.32. The summed E-state index contributed by atoms with van der Waals surface area (Å²) in [5, 5.41) is 5.04. The predicted molar refractivity (Wildman–Crippen MR) is 85.0 cm³/mol. The number of nitrogens with zero attached hydrogens (tertiary/aromatic N) is 1. The van der Waals surface area contributed by atoms with Gasteiger partial charge in [-0.2, -0.15) is 0 Å². The van der Waals surface area contributed by atoms with Crippen LogP contribution in [-0.4, -0.2) is 4.98 Å². The van der Waals surface area contributed by atoms with Crippen LogP contribution in [0.5, 0.6) is 0 Å². The Morgan fingerprint density at radius 1 is 1.30 bits per heavy atom. The first-order valence-corrected chi connectivity index (χ1v) is 7.50. The average Bonchev–Trinajstić information content (AvgIpc) is 2.81. The second-order valence-electron chi connectivity index (χ2n) is 4.65. The smallest absolute Gasteiger partial charge is 0.0838 e. The molecule has 1 aromatic carbocycles. The molecule has 1 atom stereocenters. The molecule has 5 heteroatoms. The van der Waals surface area contributed by atoms with E-state index >= 15 is 0 Å². The van der Waals surface area contributed by atoms with Crippen molar-refractivity contribution in [2.75, 3.05) is 0 Å². The summed E-state index contributed by atoms with van der Waals surface area (Å²) >= 11 is 7.99. The molecule has 2 aromatic heterocycles. The summed E-state index contributed by atoms with van der Waals surface area (Å²) in [5.41, 5.74) is 4.97. The highest BCUT2D eigenvalue weighted by molar-refractivity contribution is 7.10. The molecule has 3 N–H and O–H groups in total. The summed E-state index contributed by atoms with van der Waals surface area (Å²) in [6.45, 7) is 2.00. The number of rotatable bonds is 3. The molecular formula is C15H14ClN3S. The highest BCUT2D eigenvalue weighted by Gasteiger charge is 2.20. The first kappa shape index (κ1) is 13.5. The number of benzene rings is 1. The van der Waals surface area contributed by atoms with E-state index in [1.165, 1.54) is 0 Å². The molecule has 3 nitrogen and oxygen atoms in total. The SMILES string of the molecule is Cc1csc(C(NN)c2cncc3ccccc23)c1Cl. The Labute approximate surface area is 126 Å². The van der Waals surface area contributed by atoms with E-state index in [1.807, 2.05) is 42.9 Å². The highest BCUT2D eigenvalue weighted by atomic mass is 35.5. The van der Waals surface area contributed by atoms with Crippen molar-refractivity contribution >= 4 is 33.7 Å². The maximum absolute atomic E-state index is 6.38. The van der Waals surface area contributed by atoms with Crippen LogP contribution in [0.25, 0.3) is 10.8 Å². The Hall–Kier alpha value is -1.46. The van der Waals surface area contributed by atoms with E-state index in [0.717, 1.165) is 31.8 Å². The van der Waals surface area contributed by atoms with Gasteiger partial charge in [0.05, 0.1) is 11.1 Å². The van der Waals surface area contributed by atoms with Crippen LogP contribution < -0.4 is 11.3 Å². The van der Waals surface area contributed by atoms with E-state index in [2.05, 4.69) is 16.5 Å². The van der Waals surface area contributed by atoms with Crippen LogP contribution in [0.15, 0.2) is 42.0 Å². The van der Waals surface area contributed by atoms with Crippen molar-refractivity contribution in [3.05, 3.63) is 63.1 Å². The Kier molecular flexibility index (Phi) is 3.72. The van der Waals surface area contributed by atoms with Gasteiger partial charge in [-0.3, -0.25) is 10.8 Å². The van der Waals surface area contributed by atoms with Crippen molar-refractivity contribution in [2.24, 2.45) is 5.84 Å². The Morgan fingerprint density at radius 3 is 2.80 bits per heavy atom. The lowest BCUT2D eigenvalue weighted by Crippen LogP contribution is -2.28. The number of fused-ring (bicyclic) bond motifs is 1. The fraction of sp³-hybridized carbons (Fsp3) is 0.133. The van der Waals surface area contributed by atoms with Crippen LogP contribution in [0, 0.1) is 6.92 Å². The van der Waals surface area contributed by atoms with Crippen LogP contribution in [0.3, 0.4) is 0 Å². The van der Waals surface area contributed by atoms with Crippen molar-refractivity contribution in [3.63, 3.8) is 0 Å². The van der Waals surface area contributed by atoms with E-state index in [4.69, 9.17) is 17.4 Å². The maximum Gasteiger partial charge on any atom is 0.0838 e. The van der Waals surface area contributed by atoms with Gasteiger partial charge in [0, 0.05) is 28.2 Å². The minimum absolute atomic E-state index is 0.153. The first-order chi connectivity index (χ1) is 9.72. The molecule has 3 aromatic rings. The lowest BCUT2D eigenvalue weighted by atomic mass is 10.0. The number of nitrogens with one attached hydrogen (secondary N) is 1. The summed E-state index contributed by atoms with van der Waals surface area (Å²) in [4.78, 5) is 5.33. The van der Waals surface area contributed by atoms with Gasteiger partial charge in [0.25, 0.3) is 0 Å². The van der Waals surface area contributed by atoms with Gasteiger partial charge in [-0.1, -0.05) is 35.9 Å². The number of pyridine rings is 1. The molecule has 0 fully saturated rings. The summed E-state index contributed by atoms with van der Waals surface area (Å²) in [7, 11) is 0. The molecule has 0 bridgehead atoms. The number of nitrogens with two attached hydrogens (primary N) is 1. The summed E-state index contributed by atoms with van der Waals surface area (Å²) in [6, 6.07) is 7.98. The number of aromatic nitrogens is 1. The molecule has 0 saturated heterocycles. The molecule has 2 heterocycles. The number of hydrazine groups is 1. The molecule has 0 saturated carbocycles. The largest absolute Gasteiger partial charge is 0.271 e. The third-order valence-electron chi connectivity index (χ3n) is 3.36. The normalized spacial score (nSPS) is 12.8. The van der Waals surface area contributed by atoms with Gasteiger partial charge in [0.1, 0.15) is 0 Å². The minimum Gasteiger partial charge on any atom is -0.271 e. The molecule has 0 spiro atoms. The number of aryl methyl sites for hydroxylation is 1. The molecule has 1 unspecified atom stereocenters. The molecule has 20 heavy (non-hydrogen) atoms. The molecule has 102 valence electrons. The van der Waals surface area contributed by atoms with Crippen LogP contribution >= 0.6 is 22.9 Å². The molecule has 0 aliphatic heterocycles. The van der Waals surface area contributed by atoms with Crippen LogP contribution in [0.4, 0.5) is 0 Å². The quantitative estimate of drug-likeness (QED) is 0.571. The maximum atomic E-state index is 6.38. The standard InChI is InChI=1S/C15H14ClN3S/c1-9-8-20-15(13(9)16)14(19-17)12-7-18-6-10-4-2-3-5-11(10)12/h2-8,14,19H,17H2,1H3. The zero-order valence-corrected chi connectivity index (χ0v) is 12.5. The Bertz CT molecular complexity index is 748. The number of thiophene rings is 1. The monoisotopic (exact) mass is 303 g/mol. The van der Waals surface area contributed by atoms with Crippen molar-refractivity contribution in [1.82, 2.24) is 10.4 Å². The lowest BCUT2D eigenvalue weighted by molar-refractivity contribution is 0.648. The molecule has 3 rings (SSSR count). The van der Waals surface area contributed by atoms with E-state index < -0.39 is 0 Å². The second-order valence-corrected chi connectivity index (χ2v) is 5.94. The predicted octanol–water partition coefficient (Wildman–Crippen LogP) is 3.81. The average molecular weight is 304 g/mol. The second kappa shape index (κ2) is 5.50. The fourth-order valence-corrected chi connectivity index (χ4v) is 3.70. The minimum atomic E-state index is -0.153. The Morgan fingerprint density at radius 2 is 2.10 bits per heavy atom. The van der Waals surface area contributed by atoms with E-state index in [9.17, 15) is 0 Å². The third-order valence-corrected chi connectivity index (χ3v) is 5.14. The molecular weight excluding hydrogens is 290 g/mol. The van der Waals surface area contributed by atoms with Gasteiger partial charge < -0.3 is 0 Å². The number of halogens is 1. The van der Waals surface area contributed by atoms with Crippen LogP contribution in [0.1, 0.15) is 22.0 Å². The zero-order valence-electron chi connectivity index (χ0n) is 10.9. The van der Waals surface area contributed by atoms with Crippen LogP contribution in [0.2, 0.25) is 5.02 Å².